The van der Waals surface area contributed by atoms with Crippen molar-refractivity contribution in [2.45, 2.75) is 42.9 Å². The van der Waals surface area contributed by atoms with Crippen LogP contribution < -0.4 is 19.5 Å². The number of likely N-dealkylation sites (N-methyl/N-ethyl adjacent to an activating group) is 1. The number of nitrogens with one attached hydrogen (secondary N) is 1. The number of piperidine rings is 1. The molecule has 40 heavy (non-hydrogen) atoms. The predicted octanol–water partition coefficient (Wildman–Crippen LogP) is 3.86. The molecule has 2 bridgehead atoms. The number of carbonyl (C=O) groups is 1. The van der Waals surface area contributed by atoms with E-state index >= 15 is 0 Å². The highest BCUT2D eigenvalue weighted by Gasteiger charge is 2.64. The predicted molar refractivity (Wildman–Crippen MR) is 150 cm³/mol. The SMILES string of the molecule is CN1CCC23c4c5ccc(C(=O)NCCc6ccc(-c7ccc8c(c7)OCO8)cc6)c4O[C@H]2[C@@H](O)C=C[C@H]3C1C5. The Morgan fingerprint density at radius 2 is 1.88 bits per heavy atom. The van der Waals surface area contributed by atoms with E-state index in [0.29, 0.717) is 23.9 Å². The van der Waals surface area contributed by atoms with Crippen molar-refractivity contribution in [1.29, 1.82) is 0 Å². The molecule has 5 atom stereocenters. The van der Waals surface area contributed by atoms with E-state index in [4.69, 9.17) is 14.2 Å². The minimum absolute atomic E-state index is 0.126. The summed E-state index contributed by atoms with van der Waals surface area (Å²) in [5.74, 6) is 2.39. The van der Waals surface area contributed by atoms with Crippen molar-refractivity contribution in [1.82, 2.24) is 10.2 Å². The zero-order valence-corrected chi connectivity index (χ0v) is 22.4. The Labute approximate surface area is 233 Å². The number of aliphatic hydroxyl groups excluding tert-OH is 1. The molecule has 1 fully saturated rings. The number of nitrogens with zero attached hydrogens (tertiary/aromatic N) is 1. The number of hydrogen-bond donors (Lipinski definition) is 2. The first-order valence-electron chi connectivity index (χ1n) is 14.2. The van der Waals surface area contributed by atoms with Crippen LogP contribution in [0.5, 0.6) is 17.2 Å². The van der Waals surface area contributed by atoms with Crippen LogP contribution in [-0.2, 0) is 18.3 Å². The lowest BCUT2D eigenvalue weighted by atomic mass is 9.53. The second-order valence-corrected chi connectivity index (χ2v) is 11.7. The van der Waals surface area contributed by atoms with Gasteiger partial charge in [-0.15, -0.1) is 0 Å². The average Bonchev–Trinajstić information content (AvgIpc) is 3.58. The van der Waals surface area contributed by atoms with Crippen LogP contribution in [0.1, 0.15) is 33.5 Å². The maximum Gasteiger partial charge on any atom is 0.255 e. The van der Waals surface area contributed by atoms with Gasteiger partial charge in [-0.05, 0) is 73.3 Å². The molecule has 3 heterocycles. The monoisotopic (exact) mass is 536 g/mol. The maximum absolute atomic E-state index is 13.4. The summed E-state index contributed by atoms with van der Waals surface area (Å²) in [5.41, 5.74) is 6.07. The Balaban J connectivity index is 0.993. The Kier molecular flexibility index (Phi) is 5.31. The highest BCUT2D eigenvalue weighted by molar-refractivity contribution is 5.98. The first kappa shape index (κ1) is 24.0. The van der Waals surface area contributed by atoms with E-state index in [1.807, 2.05) is 30.3 Å². The molecule has 0 aromatic heterocycles. The van der Waals surface area contributed by atoms with Crippen LogP contribution >= 0.6 is 0 Å². The van der Waals surface area contributed by atoms with Gasteiger partial charge in [0.1, 0.15) is 18.0 Å². The molecular formula is C33H32N2O5. The molecule has 7 nitrogen and oxygen atoms in total. The number of carbonyl (C=O) groups excluding carboxylic acids is 1. The highest BCUT2D eigenvalue weighted by atomic mass is 16.7. The number of amides is 1. The fourth-order valence-corrected chi connectivity index (χ4v) is 7.79. The van der Waals surface area contributed by atoms with Crippen molar-refractivity contribution in [3.05, 3.63) is 89.0 Å². The van der Waals surface area contributed by atoms with Gasteiger partial charge < -0.3 is 29.5 Å². The van der Waals surface area contributed by atoms with E-state index in [2.05, 4.69) is 53.7 Å². The van der Waals surface area contributed by atoms with Crippen LogP contribution in [0.4, 0.5) is 0 Å². The van der Waals surface area contributed by atoms with Crippen LogP contribution in [0.3, 0.4) is 0 Å². The molecule has 3 aromatic carbocycles. The van der Waals surface area contributed by atoms with Crippen LogP contribution in [0.25, 0.3) is 11.1 Å². The van der Waals surface area contributed by atoms with Crippen LogP contribution in [0.15, 0.2) is 66.7 Å². The Morgan fingerprint density at radius 1 is 1.05 bits per heavy atom. The summed E-state index contributed by atoms with van der Waals surface area (Å²) in [5, 5.41) is 14.1. The van der Waals surface area contributed by atoms with E-state index in [1.165, 1.54) is 11.1 Å². The summed E-state index contributed by atoms with van der Waals surface area (Å²) in [7, 11) is 2.19. The van der Waals surface area contributed by atoms with Crippen molar-refractivity contribution < 1.29 is 24.1 Å². The Morgan fingerprint density at radius 3 is 2.75 bits per heavy atom. The fraction of sp³-hybridized carbons (Fsp3) is 0.364. The summed E-state index contributed by atoms with van der Waals surface area (Å²) in [6, 6.07) is 18.8. The molecule has 0 radical (unpaired) electrons. The summed E-state index contributed by atoms with van der Waals surface area (Å²) in [4.78, 5) is 15.9. The van der Waals surface area contributed by atoms with Crippen LogP contribution in [0.2, 0.25) is 0 Å². The number of aliphatic hydroxyl groups is 1. The molecule has 2 N–H and O–H groups in total. The van der Waals surface area contributed by atoms with Crippen molar-refractivity contribution in [2.24, 2.45) is 5.92 Å². The standard InChI is InChI=1S/C33H32N2O5/c1-35-15-13-33-24-9-10-26(36)31(33)40-30-23(8-6-22(29(30)33)16-25(24)35)32(37)34-14-12-19-2-4-20(5-3-19)21-7-11-27-28(17-21)39-18-38-27/h2-11,17,24-26,31,36H,12-16,18H2,1H3,(H,34,37)/t24-,25?,26-,31-,33?/m0/s1. The van der Waals surface area contributed by atoms with Gasteiger partial charge in [-0.25, -0.2) is 0 Å². The lowest BCUT2D eigenvalue weighted by molar-refractivity contribution is -0.0451. The number of benzene rings is 3. The van der Waals surface area contributed by atoms with Gasteiger partial charge in [-0.3, -0.25) is 4.79 Å². The quantitative estimate of drug-likeness (QED) is 0.482. The van der Waals surface area contributed by atoms with Crippen molar-refractivity contribution in [2.75, 3.05) is 26.9 Å². The van der Waals surface area contributed by atoms with Gasteiger partial charge in [0.15, 0.2) is 11.5 Å². The molecule has 0 saturated carbocycles. The van der Waals surface area contributed by atoms with Gasteiger partial charge in [-0.2, -0.15) is 0 Å². The van der Waals surface area contributed by atoms with Crippen molar-refractivity contribution >= 4 is 5.91 Å². The molecule has 3 aromatic rings. The molecule has 1 saturated heterocycles. The average molecular weight is 537 g/mol. The van der Waals surface area contributed by atoms with Crippen LogP contribution in [-0.4, -0.2) is 61.1 Å². The number of ether oxygens (including phenoxy) is 3. The van der Waals surface area contributed by atoms with E-state index in [1.54, 1.807) is 0 Å². The maximum atomic E-state index is 13.4. The number of hydrogen-bond acceptors (Lipinski definition) is 6. The minimum Gasteiger partial charge on any atom is -0.485 e. The summed E-state index contributed by atoms with van der Waals surface area (Å²) in [6.45, 7) is 1.75. The summed E-state index contributed by atoms with van der Waals surface area (Å²) in [6.07, 6.45) is 5.66. The Hall–Kier alpha value is -3.81. The fourth-order valence-electron chi connectivity index (χ4n) is 7.79. The lowest BCUT2D eigenvalue weighted by Crippen LogP contribution is -2.64. The first-order valence-corrected chi connectivity index (χ1v) is 14.2. The third-order valence-corrected chi connectivity index (χ3v) is 9.77. The molecular weight excluding hydrogens is 504 g/mol. The topological polar surface area (TPSA) is 80.3 Å². The molecule has 2 aliphatic carbocycles. The normalized spacial score (nSPS) is 28.6. The summed E-state index contributed by atoms with van der Waals surface area (Å²) >= 11 is 0. The lowest BCUT2D eigenvalue weighted by Gasteiger charge is -2.56. The molecule has 7 heteroatoms. The molecule has 204 valence electrons. The van der Waals surface area contributed by atoms with E-state index in [0.717, 1.165) is 54.0 Å². The van der Waals surface area contributed by atoms with Crippen molar-refractivity contribution in [3.8, 4) is 28.4 Å². The number of fused-ring (bicyclic) bond motifs is 1. The zero-order valence-electron chi connectivity index (χ0n) is 22.4. The molecule has 1 spiro atoms. The highest BCUT2D eigenvalue weighted by Crippen LogP contribution is 2.61. The zero-order chi connectivity index (χ0) is 27.0. The first-order chi connectivity index (χ1) is 19.5. The number of rotatable bonds is 5. The molecule has 1 amide bonds. The molecule has 3 aliphatic heterocycles. The molecule has 2 unspecified atom stereocenters. The molecule has 8 rings (SSSR count). The summed E-state index contributed by atoms with van der Waals surface area (Å²) < 4.78 is 17.4. The van der Waals surface area contributed by atoms with Crippen LogP contribution in [0, 0.1) is 5.92 Å². The third kappa shape index (κ3) is 3.40. The smallest absolute Gasteiger partial charge is 0.255 e. The second kappa shape index (κ2) is 8.85. The van der Waals surface area contributed by atoms with E-state index in [-0.39, 0.29) is 30.1 Å². The van der Waals surface area contributed by atoms with Gasteiger partial charge in [0.2, 0.25) is 6.79 Å². The minimum atomic E-state index is -0.671. The van der Waals surface area contributed by atoms with Gasteiger partial charge in [0.25, 0.3) is 5.91 Å². The third-order valence-electron chi connectivity index (χ3n) is 9.77. The second-order valence-electron chi connectivity index (χ2n) is 11.7. The van der Waals surface area contributed by atoms with Gasteiger partial charge in [-0.1, -0.05) is 48.6 Å². The largest absolute Gasteiger partial charge is 0.485 e. The van der Waals surface area contributed by atoms with E-state index < -0.39 is 6.10 Å². The van der Waals surface area contributed by atoms with Gasteiger partial charge in [0.05, 0.1) is 5.56 Å². The Bertz CT molecular complexity index is 1550. The molecule has 5 aliphatic rings. The van der Waals surface area contributed by atoms with Gasteiger partial charge >= 0.3 is 0 Å². The van der Waals surface area contributed by atoms with Crippen molar-refractivity contribution in [3.63, 3.8) is 0 Å². The van der Waals surface area contributed by atoms with Gasteiger partial charge in [0, 0.05) is 29.5 Å². The number of likely N-dealkylation sites (tertiary alicyclic amines) is 1. The van der Waals surface area contributed by atoms with E-state index in [9.17, 15) is 9.90 Å².